The summed E-state index contributed by atoms with van der Waals surface area (Å²) < 4.78 is 5.79. The molecule has 0 amide bonds. The molecule has 0 bridgehead atoms. The van der Waals surface area contributed by atoms with Crippen LogP contribution in [0.3, 0.4) is 0 Å². The molecule has 2 aromatic carbocycles. The smallest absolute Gasteiger partial charge is 0.135 e. The van der Waals surface area contributed by atoms with Gasteiger partial charge in [0.2, 0.25) is 0 Å². The SMILES string of the molecule is CCCc1ccc2oc3ccccc3c2c1. The Hall–Kier alpha value is -1.76. The second-order valence-electron chi connectivity index (χ2n) is 4.18. The van der Waals surface area contributed by atoms with Crippen molar-refractivity contribution in [2.45, 2.75) is 19.8 Å². The van der Waals surface area contributed by atoms with Gasteiger partial charge in [-0.2, -0.15) is 0 Å². The highest BCUT2D eigenvalue weighted by Crippen LogP contribution is 2.29. The molecule has 0 aliphatic rings. The van der Waals surface area contributed by atoms with Gasteiger partial charge in [0.15, 0.2) is 0 Å². The summed E-state index contributed by atoms with van der Waals surface area (Å²) in [5, 5.41) is 2.46. The first-order chi connectivity index (χ1) is 7.88. The lowest BCUT2D eigenvalue weighted by Gasteiger charge is -1.97. The predicted molar refractivity (Wildman–Crippen MR) is 67.7 cm³/mol. The zero-order chi connectivity index (χ0) is 11.0. The van der Waals surface area contributed by atoms with Crippen LogP contribution in [0.2, 0.25) is 0 Å². The van der Waals surface area contributed by atoms with Crippen molar-refractivity contribution in [3.05, 3.63) is 48.0 Å². The molecule has 0 saturated heterocycles. The molecule has 0 radical (unpaired) electrons. The van der Waals surface area contributed by atoms with Crippen LogP contribution in [-0.4, -0.2) is 0 Å². The van der Waals surface area contributed by atoms with Crippen LogP contribution in [0, 0.1) is 0 Å². The Morgan fingerprint density at radius 1 is 0.938 bits per heavy atom. The van der Waals surface area contributed by atoms with Gasteiger partial charge in [0.05, 0.1) is 0 Å². The van der Waals surface area contributed by atoms with Gasteiger partial charge in [-0.25, -0.2) is 0 Å². The molecule has 0 fully saturated rings. The van der Waals surface area contributed by atoms with E-state index in [4.69, 9.17) is 4.42 Å². The Kier molecular flexibility index (Phi) is 2.17. The summed E-state index contributed by atoms with van der Waals surface area (Å²) in [5.74, 6) is 0. The van der Waals surface area contributed by atoms with E-state index in [1.807, 2.05) is 12.1 Å². The third kappa shape index (κ3) is 1.40. The Morgan fingerprint density at radius 2 is 1.75 bits per heavy atom. The first-order valence-electron chi connectivity index (χ1n) is 5.78. The standard InChI is InChI=1S/C15H14O/c1-2-5-11-8-9-15-13(10-11)12-6-3-4-7-14(12)16-15/h3-4,6-10H,2,5H2,1H3. The van der Waals surface area contributed by atoms with Gasteiger partial charge < -0.3 is 4.42 Å². The van der Waals surface area contributed by atoms with Crippen LogP contribution in [0.4, 0.5) is 0 Å². The second kappa shape index (κ2) is 3.67. The summed E-state index contributed by atoms with van der Waals surface area (Å²) in [6, 6.07) is 14.7. The fourth-order valence-corrected chi connectivity index (χ4v) is 2.22. The summed E-state index contributed by atoms with van der Waals surface area (Å²) in [4.78, 5) is 0. The molecule has 0 N–H and O–H groups in total. The number of rotatable bonds is 2. The van der Waals surface area contributed by atoms with Crippen LogP contribution in [0.1, 0.15) is 18.9 Å². The minimum Gasteiger partial charge on any atom is -0.456 e. The van der Waals surface area contributed by atoms with Gasteiger partial charge in [0, 0.05) is 10.8 Å². The largest absolute Gasteiger partial charge is 0.456 e. The minimum atomic E-state index is 0.978. The number of aryl methyl sites for hydroxylation is 1. The van der Waals surface area contributed by atoms with Gasteiger partial charge in [-0.15, -0.1) is 0 Å². The van der Waals surface area contributed by atoms with Crippen LogP contribution in [-0.2, 0) is 6.42 Å². The summed E-state index contributed by atoms with van der Waals surface area (Å²) in [6.07, 6.45) is 2.32. The minimum absolute atomic E-state index is 0.978. The van der Waals surface area contributed by atoms with E-state index in [0.717, 1.165) is 17.6 Å². The van der Waals surface area contributed by atoms with E-state index in [0.29, 0.717) is 0 Å². The van der Waals surface area contributed by atoms with Crippen LogP contribution in [0.15, 0.2) is 46.9 Å². The molecule has 1 aromatic heterocycles. The molecular weight excluding hydrogens is 196 g/mol. The molecule has 0 atom stereocenters. The third-order valence-electron chi connectivity index (χ3n) is 2.98. The van der Waals surface area contributed by atoms with Crippen molar-refractivity contribution in [2.75, 3.05) is 0 Å². The van der Waals surface area contributed by atoms with E-state index in [1.165, 1.54) is 22.8 Å². The quantitative estimate of drug-likeness (QED) is 0.605. The van der Waals surface area contributed by atoms with Crippen molar-refractivity contribution in [1.82, 2.24) is 0 Å². The lowest BCUT2D eigenvalue weighted by molar-refractivity contribution is 0.668. The maximum absolute atomic E-state index is 5.79. The van der Waals surface area contributed by atoms with Gasteiger partial charge >= 0.3 is 0 Å². The highest BCUT2D eigenvalue weighted by Gasteiger charge is 2.05. The Balaban J connectivity index is 2.31. The maximum Gasteiger partial charge on any atom is 0.135 e. The molecule has 0 saturated carbocycles. The zero-order valence-corrected chi connectivity index (χ0v) is 9.36. The number of para-hydroxylation sites is 1. The summed E-state index contributed by atoms with van der Waals surface area (Å²) in [7, 11) is 0. The third-order valence-corrected chi connectivity index (χ3v) is 2.98. The second-order valence-corrected chi connectivity index (χ2v) is 4.18. The lowest BCUT2D eigenvalue weighted by Crippen LogP contribution is -1.81. The zero-order valence-electron chi connectivity index (χ0n) is 9.36. The van der Waals surface area contributed by atoms with Crippen LogP contribution >= 0.6 is 0 Å². The van der Waals surface area contributed by atoms with E-state index in [2.05, 4.69) is 37.3 Å². The average molecular weight is 210 g/mol. The van der Waals surface area contributed by atoms with Crippen molar-refractivity contribution in [3.8, 4) is 0 Å². The molecular formula is C15H14O. The molecule has 16 heavy (non-hydrogen) atoms. The Labute approximate surface area is 94.7 Å². The molecule has 80 valence electrons. The number of benzene rings is 2. The number of hydrogen-bond donors (Lipinski definition) is 0. The van der Waals surface area contributed by atoms with Crippen molar-refractivity contribution in [1.29, 1.82) is 0 Å². The van der Waals surface area contributed by atoms with Gasteiger partial charge in [-0.3, -0.25) is 0 Å². The van der Waals surface area contributed by atoms with E-state index in [-0.39, 0.29) is 0 Å². The van der Waals surface area contributed by atoms with E-state index in [1.54, 1.807) is 0 Å². The molecule has 3 rings (SSSR count). The normalized spacial score (nSPS) is 11.3. The van der Waals surface area contributed by atoms with Gasteiger partial charge in [0.1, 0.15) is 11.2 Å². The highest BCUT2D eigenvalue weighted by molar-refractivity contribution is 6.04. The van der Waals surface area contributed by atoms with Crippen molar-refractivity contribution in [2.24, 2.45) is 0 Å². The molecule has 0 aliphatic heterocycles. The topological polar surface area (TPSA) is 13.1 Å². The van der Waals surface area contributed by atoms with Gasteiger partial charge in [-0.05, 0) is 30.2 Å². The summed E-state index contributed by atoms with van der Waals surface area (Å²) >= 11 is 0. The van der Waals surface area contributed by atoms with E-state index < -0.39 is 0 Å². The molecule has 0 spiro atoms. The highest BCUT2D eigenvalue weighted by atomic mass is 16.3. The summed E-state index contributed by atoms with van der Waals surface area (Å²) in [6.45, 7) is 2.21. The van der Waals surface area contributed by atoms with Crippen LogP contribution in [0.5, 0.6) is 0 Å². The molecule has 1 nitrogen and oxygen atoms in total. The fraction of sp³-hybridized carbons (Fsp3) is 0.200. The molecule has 1 heteroatoms. The lowest BCUT2D eigenvalue weighted by atomic mass is 10.1. The van der Waals surface area contributed by atoms with Gasteiger partial charge in [-0.1, -0.05) is 37.6 Å². The summed E-state index contributed by atoms with van der Waals surface area (Å²) in [5.41, 5.74) is 3.36. The monoisotopic (exact) mass is 210 g/mol. The van der Waals surface area contributed by atoms with Crippen LogP contribution < -0.4 is 0 Å². The fourth-order valence-electron chi connectivity index (χ4n) is 2.22. The van der Waals surface area contributed by atoms with Crippen molar-refractivity contribution in [3.63, 3.8) is 0 Å². The number of furan rings is 1. The Morgan fingerprint density at radius 3 is 2.62 bits per heavy atom. The van der Waals surface area contributed by atoms with Crippen molar-refractivity contribution >= 4 is 21.9 Å². The van der Waals surface area contributed by atoms with Gasteiger partial charge in [0.25, 0.3) is 0 Å². The number of fused-ring (bicyclic) bond motifs is 3. The first kappa shape index (κ1) is 9.46. The van der Waals surface area contributed by atoms with Crippen LogP contribution in [0.25, 0.3) is 21.9 Å². The predicted octanol–water partition coefficient (Wildman–Crippen LogP) is 4.54. The molecule has 3 aromatic rings. The molecule has 0 unspecified atom stereocenters. The number of hydrogen-bond acceptors (Lipinski definition) is 1. The molecule has 1 heterocycles. The van der Waals surface area contributed by atoms with Crippen molar-refractivity contribution < 1.29 is 4.42 Å². The average Bonchev–Trinajstić information content (AvgIpc) is 2.68. The van der Waals surface area contributed by atoms with E-state index in [9.17, 15) is 0 Å². The Bertz CT molecular complexity index is 634. The maximum atomic E-state index is 5.79. The first-order valence-corrected chi connectivity index (χ1v) is 5.78. The van der Waals surface area contributed by atoms with E-state index >= 15 is 0 Å². The molecule has 0 aliphatic carbocycles.